The van der Waals surface area contributed by atoms with Gasteiger partial charge in [-0.3, -0.25) is 0 Å². The zero-order valence-electron chi connectivity index (χ0n) is 10.4. The molecule has 20 heavy (non-hydrogen) atoms. The van der Waals surface area contributed by atoms with Crippen molar-refractivity contribution in [3.63, 3.8) is 0 Å². The fourth-order valence-corrected chi connectivity index (χ4v) is 2.93. The minimum atomic E-state index is -4.26. The predicted octanol–water partition coefficient (Wildman–Crippen LogP) is 3.90. The maximum atomic E-state index is 13.0. The molecule has 0 spiro atoms. The van der Waals surface area contributed by atoms with E-state index < -0.39 is 11.7 Å². The molecule has 2 aromatic rings. The number of hydrogen-bond acceptors (Lipinski definition) is 4. The van der Waals surface area contributed by atoms with Crippen LogP contribution >= 0.6 is 11.5 Å². The third-order valence-corrected chi connectivity index (χ3v) is 4.20. The highest BCUT2D eigenvalue weighted by molar-refractivity contribution is 7.11. The molecule has 0 bridgehead atoms. The molecule has 0 saturated heterocycles. The summed E-state index contributed by atoms with van der Waals surface area (Å²) in [6.45, 7) is 0. The zero-order valence-corrected chi connectivity index (χ0v) is 11.2. The van der Waals surface area contributed by atoms with Crippen molar-refractivity contribution in [3.8, 4) is 11.1 Å². The van der Waals surface area contributed by atoms with Crippen LogP contribution in [0.3, 0.4) is 0 Å². The maximum absolute atomic E-state index is 13.0. The number of aromatic nitrogens is 1. The van der Waals surface area contributed by atoms with Gasteiger partial charge in [0, 0.05) is 0 Å². The van der Waals surface area contributed by atoms with E-state index in [1.54, 1.807) is 12.1 Å². The van der Waals surface area contributed by atoms with Gasteiger partial charge in [-0.05, 0) is 29.9 Å². The highest BCUT2D eigenvalue weighted by atomic mass is 32.1. The van der Waals surface area contributed by atoms with E-state index in [-0.39, 0.29) is 18.7 Å². The van der Waals surface area contributed by atoms with Gasteiger partial charge in [0.05, 0.1) is 5.56 Å². The summed E-state index contributed by atoms with van der Waals surface area (Å²) in [5.74, 6) is 0.252. The van der Waals surface area contributed by atoms with Crippen LogP contribution in [0.15, 0.2) is 30.3 Å². The van der Waals surface area contributed by atoms with E-state index in [1.807, 2.05) is 18.2 Å². The number of rotatable bonds is 3. The Kier molecular flexibility index (Phi) is 2.89. The van der Waals surface area contributed by atoms with Gasteiger partial charge in [0.15, 0.2) is 0 Å². The van der Waals surface area contributed by atoms with Crippen LogP contribution < -0.4 is 11.1 Å². The van der Waals surface area contributed by atoms with Crippen LogP contribution in [0.4, 0.5) is 24.0 Å². The van der Waals surface area contributed by atoms with E-state index in [0.717, 1.165) is 17.1 Å². The lowest BCUT2D eigenvalue weighted by molar-refractivity contribution is -0.150. The number of anilines is 2. The lowest BCUT2D eigenvalue weighted by Gasteiger charge is -2.21. The fourth-order valence-electron chi connectivity index (χ4n) is 2.09. The molecule has 3 nitrogen and oxygen atoms in total. The first-order chi connectivity index (χ1) is 9.43. The Morgan fingerprint density at radius 3 is 2.40 bits per heavy atom. The molecule has 7 heteroatoms. The summed E-state index contributed by atoms with van der Waals surface area (Å²) >= 11 is 0.968. The highest BCUT2D eigenvalue weighted by Crippen LogP contribution is 2.53. The van der Waals surface area contributed by atoms with Crippen molar-refractivity contribution in [1.29, 1.82) is 0 Å². The molecule has 1 aliphatic rings. The molecule has 3 rings (SSSR count). The summed E-state index contributed by atoms with van der Waals surface area (Å²) in [5, 5.41) is 2.99. The largest absolute Gasteiger partial charge is 0.411 e. The van der Waals surface area contributed by atoms with E-state index in [2.05, 4.69) is 9.69 Å². The van der Waals surface area contributed by atoms with Gasteiger partial charge >= 0.3 is 6.18 Å². The van der Waals surface area contributed by atoms with Gasteiger partial charge in [0.1, 0.15) is 16.4 Å². The number of hydrogen-bond donors (Lipinski definition) is 2. The molecule has 1 aliphatic carbocycles. The van der Waals surface area contributed by atoms with E-state index in [4.69, 9.17) is 5.73 Å². The first kappa shape index (κ1) is 13.2. The normalized spacial score (nSPS) is 16.9. The molecule has 1 heterocycles. The number of nitrogens with zero attached hydrogens (tertiary/aromatic N) is 1. The average Bonchev–Trinajstić information content (AvgIpc) is 3.10. The van der Waals surface area contributed by atoms with Gasteiger partial charge in [-0.25, -0.2) is 0 Å². The molecule has 3 N–H and O–H groups in total. The predicted molar refractivity (Wildman–Crippen MR) is 73.6 cm³/mol. The van der Waals surface area contributed by atoms with Crippen molar-refractivity contribution in [2.45, 2.75) is 24.6 Å². The Labute approximate surface area is 117 Å². The Morgan fingerprint density at radius 2 is 1.85 bits per heavy atom. The molecule has 1 saturated carbocycles. The SMILES string of the molecule is Nc1nsc(NC2(C(F)(F)F)CC2)c1-c1ccccc1. The fraction of sp³-hybridized carbons (Fsp3) is 0.308. The third kappa shape index (κ3) is 2.11. The first-order valence-electron chi connectivity index (χ1n) is 6.08. The van der Waals surface area contributed by atoms with Gasteiger partial charge in [-0.2, -0.15) is 17.5 Å². The second-order valence-electron chi connectivity index (χ2n) is 4.84. The Morgan fingerprint density at radius 1 is 1.20 bits per heavy atom. The smallest absolute Gasteiger partial charge is 0.382 e. The molecule has 0 amide bonds. The van der Waals surface area contributed by atoms with Gasteiger partial charge in [-0.15, -0.1) is 0 Å². The molecule has 0 radical (unpaired) electrons. The molecule has 0 unspecified atom stereocenters. The Hall–Kier alpha value is -1.76. The van der Waals surface area contributed by atoms with Crippen LogP contribution in [-0.2, 0) is 0 Å². The molecule has 0 atom stereocenters. The van der Waals surface area contributed by atoms with Crippen molar-refractivity contribution in [2.24, 2.45) is 0 Å². The van der Waals surface area contributed by atoms with E-state index in [0.29, 0.717) is 10.6 Å². The van der Waals surface area contributed by atoms with Crippen molar-refractivity contribution in [1.82, 2.24) is 4.37 Å². The molecular formula is C13H12F3N3S. The summed E-state index contributed by atoms with van der Waals surface area (Å²) < 4.78 is 43.0. The quantitative estimate of drug-likeness (QED) is 0.903. The van der Waals surface area contributed by atoms with E-state index >= 15 is 0 Å². The van der Waals surface area contributed by atoms with Crippen molar-refractivity contribution in [2.75, 3.05) is 11.1 Å². The minimum Gasteiger partial charge on any atom is -0.382 e. The topological polar surface area (TPSA) is 50.9 Å². The van der Waals surface area contributed by atoms with Crippen molar-refractivity contribution < 1.29 is 13.2 Å². The average molecular weight is 299 g/mol. The van der Waals surface area contributed by atoms with Crippen LogP contribution in [0.5, 0.6) is 0 Å². The van der Waals surface area contributed by atoms with Gasteiger partial charge in [0.25, 0.3) is 0 Å². The Balaban J connectivity index is 1.97. The van der Waals surface area contributed by atoms with Gasteiger partial charge in [0.2, 0.25) is 0 Å². The lowest BCUT2D eigenvalue weighted by Crippen LogP contribution is -2.38. The summed E-state index contributed by atoms with van der Waals surface area (Å²) in [6.07, 6.45) is -4.09. The monoisotopic (exact) mass is 299 g/mol. The van der Waals surface area contributed by atoms with Crippen LogP contribution in [0.2, 0.25) is 0 Å². The van der Waals surface area contributed by atoms with Crippen LogP contribution in [-0.4, -0.2) is 16.1 Å². The third-order valence-electron chi connectivity index (χ3n) is 3.43. The second-order valence-corrected chi connectivity index (χ2v) is 5.62. The first-order valence-corrected chi connectivity index (χ1v) is 6.86. The number of alkyl halides is 3. The van der Waals surface area contributed by atoms with Crippen LogP contribution in [0.25, 0.3) is 11.1 Å². The summed E-state index contributed by atoms with van der Waals surface area (Å²) in [6, 6.07) is 9.07. The standard InChI is InChI=1S/C13H12F3N3S/c14-13(15,16)12(6-7-12)18-11-9(10(17)19-20-11)8-4-2-1-3-5-8/h1-5,18H,6-7H2,(H2,17,19). The molecule has 1 fully saturated rings. The van der Waals surface area contributed by atoms with Gasteiger partial charge in [-0.1, -0.05) is 30.3 Å². The number of nitrogens with two attached hydrogens (primary N) is 1. The van der Waals surface area contributed by atoms with E-state index in [9.17, 15) is 13.2 Å². The number of nitrogens with one attached hydrogen (secondary N) is 1. The highest BCUT2D eigenvalue weighted by Gasteiger charge is 2.63. The molecule has 106 valence electrons. The van der Waals surface area contributed by atoms with Crippen molar-refractivity contribution >= 4 is 22.4 Å². The summed E-state index contributed by atoms with van der Waals surface area (Å²) in [4.78, 5) is 0. The summed E-state index contributed by atoms with van der Waals surface area (Å²) in [7, 11) is 0. The van der Waals surface area contributed by atoms with Crippen LogP contribution in [0.1, 0.15) is 12.8 Å². The maximum Gasteiger partial charge on any atom is 0.411 e. The lowest BCUT2D eigenvalue weighted by atomic mass is 10.1. The molecule has 0 aliphatic heterocycles. The number of benzene rings is 1. The van der Waals surface area contributed by atoms with Gasteiger partial charge < -0.3 is 11.1 Å². The minimum absolute atomic E-state index is 0.0858. The van der Waals surface area contributed by atoms with Crippen LogP contribution in [0, 0.1) is 0 Å². The molecule has 1 aromatic heterocycles. The molecule has 1 aromatic carbocycles. The van der Waals surface area contributed by atoms with Crippen molar-refractivity contribution in [3.05, 3.63) is 30.3 Å². The Bertz CT molecular complexity index is 618. The second kappa shape index (κ2) is 4.37. The number of nitrogen functional groups attached to an aromatic ring is 1. The molecular weight excluding hydrogens is 287 g/mol. The number of halogens is 3. The zero-order chi connectivity index (χ0) is 14.4. The van der Waals surface area contributed by atoms with E-state index in [1.165, 1.54) is 0 Å². The summed E-state index contributed by atoms with van der Waals surface area (Å²) in [5.41, 5.74) is 5.30.